The minimum atomic E-state index is -3.66. The van der Waals surface area contributed by atoms with Crippen LogP contribution in [0.2, 0.25) is 0 Å². The number of fused-ring (bicyclic) bond motifs is 1. The molecule has 6 heteroatoms. The van der Waals surface area contributed by atoms with Crippen molar-refractivity contribution in [2.75, 3.05) is 12.3 Å². The Bertz CT molecular complexity index is 770. The van der Waals surface area contributed by atoms with Gasteiger partial charge in [-0.3, -0.25) is 4.98 Å². The molecule has 1 aromatic heterocycles. The van der Waals surface area contributed by atoms with E-state index in [2.05, 4.69) is 11.6 Å². The van der Waals surface area contributed by atoms with Crippen molar-refractivity contribution in [2.45, 2.75) is 24.8 Å². The van der Waals surface area contributed by atoms with E-state index in [0.29, 0.717) is 16.6 Å². The first kappa shape index (κ1) is 15.5. The second kappa shape index (κ2) is 5.83. The molecule has 112 valence electrons. The van der Waals surface area contributed by atoms with E-state index in [9.17, 15) is 8.42 Å². The summed E-state index contributed by atoms with van der Waals surface area (Å²) >= 11 is 0. The van der Waals surface area contributed by atoms with Crippen LogP contribution in [-0.2, 0) is 10.0 Å². The molecule has 21 heavy (non-hydrogen) atoms. The van der Waals surface area contributed by atoms with Gasteiger partial charge in [-0.2, -0.15) is 4.31 Å². The van der Waals surface area contributed by atoms with Crippen molar-refractivity contribution >= 4 is 26.6 Å². The number of pyridine rings is 1. The summed E-state index contributed by atoms with van der Waals surface area (Å²) in [6.07, 6.45) is 3.14. The lowest BCUT2D eigenvalue weighted by molar-refractivity contribution is 0.383. The number of nitrogens with zero attached hydrogens (tertiary/aromatic N) is 2. The zero-order valence-electron chi connectivity index (χ0n) is 12.2. The highest BCUT2D eigenvalue weighted by molar-refractivity contribution is 7.89. The Labute approximate surface area is 125 Å². The number of nitrogens with two attached hydrogens (primary N) is 1. The topological polar surface area (TPSA) is 76.3 Å². The zero-order chi connectivity index (χ0) is 15.6. The van der Waals surface area contributed by atoms with Crippen LogP contribution >= 0.6 is 0 Å². The molecule has 5 nitrogen and oxygen atoms in total. The third-order valence-electron chi connectivity index (χ3n) is 3.24. The Morgan fingerprint density at radius 1 is 1.38 bits per heavy atom. The normalized spacial score (nSPS) is 12.2. The van der Waals surface area contributed by atoms with Gasteiger partial charge in [0.1, 0.15) is 4.90 Å². The number of hydrogen-bond donors (Lipinski definition) is 1. The van der Waals surface area contributed by atoms with Crippen molar-refractivity contribution in [3.8, 4) is 0 Å². The summed E-state index contributed by atoms with van der Waals surface area (Å²) in [6.45, 7) is 7.53. The highest BCUT2D eigenvalue weighted by Gasteiger charge is 2.28. The van der Waals surface area contributed by atoms with Crippen molar-refractivity contribution in [2.24, 2.45) is 0 Å². The summed E-state index contributed by atoms with van der Waals surface area (Å²) in [5.41, 5.74) is 6.80. The second-order valence-corrected chi connectivity index (χ2v) is 6.87. The van der Waals surface area contributed by atoms with E-state index in [0.717, 1.165) is 0 Å². The fourth-order valence-electron chi connectivity index (χ4n) is 2.22. The molecular weight excluding hydrogens is 286 g/mol. The molecular formula is C15H19N3O2S. The first-order valence-electron chi connectivity index (χ1n) is 6.65. The van der Waals surface area contributed by atoms with Crippen LogP contribution < -0.4 is 5.73 Å². The number of aromatic nitrogens is 1. The summed E-state index contributed by atoms with van der Waals surface area (Å²) < 4.78 is 27.2. The lowest BCUT2D eigenvalue weighted by Crippen LogP contribution is -2.37. The predicted octanol–water partition coefficient (Wildman–Crippen LogP) is 2.40. The number of sulfonamides is 1. The Morgan fingerprint density at radius 2 is 2.10 bits per heavy atom. The van der Waals surface area contributed by atoms with Gasteiger partial charge in [0.25, 0.3) is 0 Å². The van der Waals surface area contributed by atoms with Gasteiger partial charge in [-0.25, -0.2) is 8.42 Å². The van der Waals surface area contributed by atoms with E-state index in [-0.39, 0.29) is 17.5 Å². The van der Waals surface area contributed by atoms with E-state index in [1.54, 1.807) is 30.5 Å². The quantitative estimate of drug-likeness (QED) is 0.680. The van der Waals surface area contributed by atoms with Crippen molar-refractivity contribution in [1.82, 2.24) is 9.29 Å². The molecule has 0 aliphatic carbocycles. The largest absolute Gasteiger partial charge is 0.398 e. The number of nitrogen functional groups attached to an aromatic ring is 1. The van der Waals surface area contributed by atoms with E-state index in [1.165, 1.54) is 10.4 Å². The minimum absolute atomic E-state index is 0.169. The lowest BCUT2D eigenvalue weighted by atomic mass is 10.2. The van der Waals surface area contributed by atoms with Gasteiger partial charge < -0.3 is 5.73 Å². The molecule has 0 amide bonds. The van der Waals surface area contributed by atoms with Crippen molar-refractivity contribution in [3.63, 3.8) is 0 Å². The van der Waals surface area contributed by atoms with Crippen LogP contribution in [0, 0.1) is 0 Å². The molecule has 0 unspecified atom stereocenters. The van der Waals surface area contributed by atoms with E-state index >= 15 is 0 Å². The smallest absolute Gasteiger partial charge is 0.245 e. The molecule has 0 spiro atoms. The van der Waals surface area contributed by atoms with Gasteiger partial charge in [0.05, 0.1) is 5.52 Å². The van der Waals surface area contributed by atoms with Gasteiger partial charge in [0, 0.05) is 29.9 Å². The fraction of sp³-hybridized carbons (Fsp3) is 0.267. The number of benzene rings is 1. The lowest BCUT2D eigenvalue weighted by Gasteiger charge is -2.25. The maximum absolute atomic E-state index is 12.9. The molecule has 0 aliphatic rings. The minimum Gasteiger partial charge on any atom is -0.398 e. The van der Waals surface area contributed by atoms with Gasteiger partial charge in [-0.15, -0.1) is 6.58 Å². The molecule has 0 atom stereocenters. The highest BCUT2D eigenvalue weighted by Crippen LogP contribution is 2.28. The van der Waals surface area contributed by atoms with Crippen LogP contribution in [0.4, 0.5) is 5.69 Å². The van der Waals surface area contributed by atoms with Crippen LogP contribution in [0.5, 0.6) is 0 Å². The summed E-state index contributed by atoms with van der Waals surface area (Å²) in [5, 5.41) is 0.640. The first-order chi connectivity index (χ1) is 9.89. The molecule has 1 heterocycles. The third kappa shape index (κ3) is 2.77. The predicted molar refractivity (Wildman–Crippen MR) is 85.4 cm³/mol. The summed E-state index contributed by atoms with van der Waals surface area (Å²) in [7, 11) is -3.66. The van der Waals surface area contributed by atoms with Crippen LogP contribution in [-0.4, -0.2) is 30.3 Å². The Balaban J connectivity index is 2.70. The Kier molecular flexibility index (Phi) is 4.29. The first-order valence-corrected chi connectivity index (χ1v) is 8.09. The molecule has 0 fully saturated rings. The van der Waals surface area contributed by atoms with Crippen molar-refractivity contribution < 1.29 is 8.42 Å². The number of anilines is 1. The Morgan fingerprint density at radius 3 is 2.71 bits per heavy atom. The molecule has 0 bridgehead atoms. The second-order valence-electron chi connectivity index (χ2n) is 5.01. The summed E-state index contributed by atoms with van der Waals surface area (Å²) in [6, 6.07) is 6.44. The van der Waals surface area contributed by atoms with Gasteiger partial charge in [-0.1, -0.05) is 6.08 Å². The van der Waals surface area contributed by atoms with E-state index < -0.39 is 10.0 Å². The maximum Gasteiger partial charge on any atom is 0.245 e. The average molecular weight is 305 g/mol. The summed E-state index contributed by atoms with van der Waals surface area (Å²) in [5.74, 6) is 0. The molecule has 0 radical (unpaired) electrons. The Hall–Kier alpha value is -1.92. The van der Waals surface area contributed by atoms with Crippen LogP contribution in [0.3, 0.4) is 0 Å². The van der Waals surface area contributed by atoms with Gasteiger partial charge >= 0.3 is 0 Å². The highest BCUT2D eigenvalue weighted by atomic mass is 32.2. The molecule has 0 saturated heterocycles. The standard InChI is InChI=1S/C15H19N3O2S/c1-4-10-18(11(2)3)21(19,20)14-8-7-13(16)12-6-5-9-17-15(12)14/h4-9,11H,1,10,16H2,2-3H3. The molecule has 0 saturated carbocycles. The van der Waals surface area contributed by atoms with Gasteiger partial charge in [0.2, 0.25) is 10.0 Å². The van der Waals surface area contributed by atoms with Crippen LogP contribution in [0.1, 0.15) is 13.8 Å². The summed E-state index contributed by atoms with van der Waals surface area (Å²) in [4.78, 5) is 4.37. The zero-order valence-corrected chi connectivity index (χ0v) is 13.0. The van der Waals surface area contributed by atoms with Gasteiger partial charge in [-0.05, 0) is 38.1 Å². The van der Waals surface area contributed by atoms with E-state index in [1.807, 2.05) is 13.8 Å². The molecule has 1 aromatic carbocycles. The van der Waals surface area contributed by atoms with Crippen LogP contribution in [0.15, 0.2) is 48.0 Å². The number of hydrogen-bond acceptors (Lipinski definition) is 4. The van der Waals surface area contributed by atoms with Gasteiger partial charge in [0.15, 0.2) is 0 Å². The molecule has 2 rings (SSSR count). The average Bonchev–Trinajstić information content (AvgIpc) is 2.44. The molecule has 2 N–H and O–H groups in total. The van der Waals surface area contributed by atoms with E-state index in [4.69, 9.17) is 5.73 Å². The van der Waals surface area contributed by atoms with Crippen LogP contribution in [0.25, 0.3) is 10.9 Å². The van der Waals surface area contributed by atoms with Crippen molar-refractivity contribution in [3.05, 3.63) is 43.1 Å². The molecule has 2 aromatic rings. The monoisotopic (exact) mass is 305 g/mol. The maximum atomic E-state index is 12.9. The van der Waals surface area contributed by atoms with Crippen molar-refractivity contribution in [1.29, 1.82) is 0 Å². The fourth-order valence-corrected chi connectivity index (χ4v) is 3.97. The number of rotatable bonds is 5. The SMILES string of the molecule is C=CCN(C(C)C)S(=O)(=O)c1ccc(N)c2cccnc12. The molecule has 0 aliphatic heterocycles. The third-order valence-corrected chi connectivity index (χ3v) is 5.31.